The van der Waals surface area contributed by atoms with Gasteiger partial charge in [-0.25, -0.2) is 59.1 Å². The molecule has 5 aromatic heterocycles. The van der Waals surface area contributed by atoms with Crippen molar-refractivity contribution in [2.24, 2.45) is 34.1 Å². The number of aromatic nitrogens is 10. The van der Waals surface area contributed by atoms with Crippen molar-refractivity contribution in [2.45, 2.75) is 217 Å². The van der Waals surface area contributed by atoms with Gasteiger partial charge in [0.15, 0.2) is 58.9 Å². The van der Waals surface area contributed by atoms with Crippen LogP contribution in [0.25, 0.3) is 11.4 Å². The van der Waals surface area contributed by atoms with Gasteiger partial charge in [-0.05, 0) is 92.5 Å². The number of ketones is 1. The van der Waals surface area contributed by atoms with Gasteiger partial charge in [-0.15, -0.1) is 0 Å². The lowest BCUT2D eigenvalue weighted by atomic mass is 10.0. The van der Waals surface area contributed by atoms with E-state index < -0.39 is 72.5 Å². The molecule has 31 nitrogen and oxygen atoms in total. The Balaban J connectivity index is -0.000000407. The van der Waals surface area contributed by atoms with Crippen LogP contribution in [0.3, 0.4) is 0 Å². The quantitative estimate of drug-likeness (QED) is 0.0208. The lowest BCUT2D eigenvalue weighted by molar-refractivity contribution is -0.774. The van der Waals surface area contributed by atoms with Gasteiger partial charge in [0.05, 0.1) is 34.2 Å². The molecule has 6 N–H and O–H groups in total. The summed E-state index contributed by atoms with van der Waals surface area (Å²) >= 11 is 0. The van der Waals surface area contributed by atoms with Crippen LogP contribution in [0.15, 0.2) is 174 Å². The minimum Gasteiger partial charge on any atom is -0.478 e. The second-order valence-corrected chi connectivity index (χ2v) is 34.7. The Bertz CT molecular complexity index is 4920. The van der Waals surface area contributed by atoms with Crippen molar-refractivity contribution in [2.75, 3.05) is 19.3 Å². The van der Waals surface area contributed by atoms with E-state index >= 15 is 0 Å². The Morgan fingerprint density at radius 3 is 1.29 bits per heavy atom. The highest BCUT2D eigenvalue weighted by atomic mass is 32.2. The lowest BCUT2D eigenvalue weighted by Crippen LogP contribution is -2.48. The van der Waals surface area contributed by atoms with E-state index in [0.29, 0.717) is 29.4 Å². The lowest BCUT2D eigenvalue weighted by Gasteiger charge is -2.20. The first-order valence-electron chi connectivity index (χ1n) is 32.6. The number of Topliss-reactive ketones (excluding diaryl/α,β-unsaturated/α-hetero) is 1. The Morgan fingerprint density at radius 2 is 0.920 bits per heavy atom. The molecule has 0 bridgehead atoms. The molecule has 2 atom stereocenters. The number of hydrogen-bond donors (Lipinski definition) is 6. The van der Waals surface area contributed by atoms with E-state index in [0.717, 1.165) is 17.4 Å². The fraction of sp³-hybridized carbons (Fsp3) is 0.487. The summed E-state index contributed by atoms with van der Waals surface area (Å²) < 4.78 is 173. The molecule has 1 aliphatic heterocycles. The molecular formula is C76H133N12O19S5+7. The highest BCUT2D eigenvalue weighted by molar-refractivity contribution is 7.91. The van der Waals surface area contributed by atoms with Crippen LogP contribution in [-0.4, -0.2) is 152 Å². The smallest absolute Gasteiger partial charge is 0.360 e. The fourth-order valence-corrected chi connectivity index (χ4v) is 14.8. The summed E-state index contributed by atoms with van der Waals surface area (Å²) in [6, 6.07) is 13.7. The molecule has 36 heteroatoms. The maximum absolute atomic E-state index is 12.2. The summed E-state index contributed by atoms with van der Waals surface area (Å²) in [5, 5.41) is 16.4. The maximum Gasteiger partial charge on any atom is 0.360 e. The van der Waals surface area contributed by atoms with Gasteiger partial charge in [-0.1, -0.05) is 133 Å². The first-order chi connectivity index (χ1) is 47.7. The minimum atomic E-state index is -4.61. The van der Waals surface area contributed by atoms with Crippen LogP contribution in [0.4, 0.5) is 0 Å². The van der Waals surface area contributed by atoms with Crippen molar-refractivity contribution in [1.82, 2.24) is 22.8 Å². The van der Waals surface area contributed by atoms with Crippen molar-refractivity contribution >= 4 is 74.4 Å². The molecule has 8 aromatic rings. The second kappa shape index (κ2) is 46.5. The predicted molar refractivity (Wildman–Crippen MR) is 436 cm³/mol. The van der Waals surface area contributed by atoms with Crippen molar-refractivity contribution < 1.29 is 117 Å². The zero-order chi connectivity index (χ0) is 79.1. The molecule has 0 saturated carbocycles. The van der Waals surface area contributed by atoms with Gasteiger partial charge in [0.1, 0.15) is 88.1 Å². The number of rotatable bonds is 22. The molecule has 112 heavy (non-hydrogen) atoms. The Labute approximate surface area is 668 Å². The fourth-order valence-electron chi connectivity index (χ4n) is 10.4. The van der Waals surface area contributed by atoms with Gasteiger partial charge in [-0.2, -0.15) is 47.3 Å². The molecule has 0 aliphatic carbocycles. The van der Waals surface area contributed by atoms with Crippen LogP contribution in [0.2, 0.25) is 0 Å². The Hall–Kier alpha value is -8.72. The highest BCUT2D eigenvalue weighted by Gasteiger charge is 2.39. The van der Waals surface area contributed by atoms with Crippen LogP contribution in [0.1, 0.15) is 201 Å². The van der Waals surface area contributed by atoms with Crippen molar-refractivity contribution in [3.05, 3.63) is 177 Å². The number of carbonyl (C=O) groups is 3. The molecule has 2 unspecified atom stereocenters. The van der Waals surface area contributed by atoms with Gasteiger partial charge in [0.25, 0.3) is 30.4 Å². The zero-order valence-electron chi connectivity index (χ0n) is 61.8. The van der Waals surface area contributed by atoms with E-state index in [4.69, 9.17) is 14.8 Å². The topological polar surface area (TPSA) is 390 Å². The number of imidazole rings is 5. The molecule has 0 fully saturated rings. The van der Waals surface area contributed by atoms with E-state index in [1.54, 1.807) is 138 Å². The standard InChI is InChI=1S/C14H18N2O5S2.C14H18N2O3S.C13H16N2O3S.C11H17N2O3.C8H14N2O3S.C8H12N2O2.8CH4/c1-10(2)11-7-12(22(4,17)18)14(13(8-11)23(19,20)21)16-6-5-15(3)9-16;1-11(2)12-4-5-13(14(8-12)20(17,18)19)9-16-7-6-15(3)10-16;1-10(2)11-4-5-12(13(8-11)19(16,17)18)15-7-6-14(3)9-15;1-9(2)12-4-5-13(8-12,6-10(3)14)7-11(15)16;1-7(2)8(14(11,12)13)10-5-4-9(3)6-10;1-7(2)10-4-3-9(6-10)5-8(11)12;;;;;;;;/h5-10H,1-4H3;4-8,10-11H,9H2,1-3H3;4-10H,1-3H3;4-5,8-9H,6-7H2,1-3H3;4-8H,1-3H3;3-4,6-7H,5H2,1-2H3;8*1H4/q;;;+1;;;;;;;;;;/p+6. The average Bonchev–Trinajstić information content (AvgIpc) is 1.21. The molecule has 9 rings (SSSR count). The van der Waals surface area contributed by atoms with E-state index in [-0.39, 0.29) is 139 Å². The maximum atomic E-state index is 12.2. The van der Waals surface area contributed by atoms with E-state index in [1.165, 1.54) is 46.8 Å². The molecule has 0 saturated heterocycles. The molecule has 0 spiro atoms. The number of quaternary nitrogens is 1. The Morgan fingerprint density at radius 1 is 0.482 bits per heavy atom. The number of aryl methyl sites for hydroxylation is 4. The number of carbonyl (C=O) groups excluding carboxylic acids is 1. The summed E-state index contributed by atoms with van der Waals surface area (Å²) in [6.45, 7) is 25.1. The second-order valence-electron chi connectivity index (χ2n) is 27.0. The van der Waals surface area contributed by atoms with Crippen molar-refractivity contribution in [3.8, 4) is 11.4 Å². The van der Waals surface area contributed by atoms with Gasteiger partial charge < -0.3 is 10.2 Å². The van der Waals surface area contributed by atoms with Gasteiger partial charge in [0.2, 0.25) is 43.2 Å². The molecule has 0 radical (unpaired) electrons. The molecule has 0 amide bonds. The van der Waals surface area contributed by atoms with Gasteiger partial charge in [0, 0.05) is 24.7 Å². The minimum absolute atomic E-state index is 0. The van der Waals surface area contributed by atoms with Gasteiger partial charge in [-0.3, -0.25) is 23.0 Å². The molecule has 6 heterocycles. The first-order valence-corrected chi connectivity index (χ1v) is 40.3. The number of carboxylic acids is 2. The van der Waals surface area contributed by atoms with Crippen LogP contribution in [0.5, 0.6) is 0 Å². The normalized spacial score (nSPS) is 13.2. The third-order valence-electron chi connectivity index (χ3n) is 15.6. The molecular weight excluding hydrogens is 1550 g/mol. The van der Waals surface area contributed by atoms with Crippen LogP contribution < -0.4 is 22.8 Å². The van der Waals surface area contributed by atoms with E-state index in [1.807, 2.05) is 145 Å². The first kappa shape index (κ1) is 112. The average molecular weight is 1680 g/mol. The molecule has 3 aromatic carbocycles. The Kier molecular flexibility index (Phi) is 46.4. The number of carboxylic acid groups (broad SMARTS) is 2. The monoisotopic (exact) mass is 1680 g/mol. The number of sulfone groups is 1. The SMILES string of the molecule is C.C.C.C.C.C.C.C.CC(=O)C[N+]1(CC(=O)O)C=C[N+](C(C)C)=C1.CC(C)C(n1cc[n+](C)c1)S(=O)(=O)O.CC(C)c1cc(S(C)(=O)=O)c(-n2cc[n+](C)c2)c(S(=O)(=O)O)c1.CC(C)c1ccc(-n2cc[n+](C)c2)c(S(=O)(=O)O)c1.CC(C)c1ccc(Cn2cc[n+](C)c2)c(S(=O)(=O)O)c1.CC(C)n1cc[n+](CC(=O)O)c1. The number of hydrogen-bond acceptors (Lipinski definition) is 13. The summed E-state index contributed by atoms with van der Waals surface area (Å²) in [6.07, 6.45) is 32.3. The number of benzene rings is 3. The van der Waals surface area contributed by atoms with Crippen molar-refractivity contribution in [1.29, 1.82) is 0 Å². The van der Waals surface area contributed by atoms with Crippen LogP contribution in [-0.2, 0) is 106 Å². The summed E-state index contributed by atoms with van der Waals surface area (Å²) in [7, 11) is -13.6. The van der Waals surface area contributed by atoms with Crippen LogP contribution in [0, 0.1) is 5.92 Å². The highest BCUT2D eigenvalue weighted by Crippen LogP contribution is 2.33. The molecule has 634 valence electrons. The molecule has 1 aliphatic rings. The van der Waals surface area contributed by atoms with Crippen molar-refractivity contribution in [3.63, 3.8) is 0 Å². The van der Waals surface area contributed by atoms with E-state index in [9.17, 15) is 70.1 Å². The predicted octanol–water partition coefficient (Wildman–Crippen LogP) is 10.8. The number of nitrogens with zero attached hydrogens (tertiary/aromatic N) is 12. The third-order valence-corrected chi connectivity index (χ3v) is 20.8. The third kappa shape index (κ3) is 33.9. The number of aliphatic carboxylic acids is 2. The zero-order valence-corrected chi connectivity index (χ0v) is 65.9. The summed E-state index contributed by atoms with van der Waals surface area (Å²) in [5.41, 5.74) is 3.20. The summed E-state index contributed by atoms with van der Waals surface area (Å²) in [4.78, 5) is 31.7. The van der Waals surface area contributed by atoms with E-state index in [2.05, 4.69) is 0 Å². The van der Waals surface area contributed by atoms with Crippen LogP contribution >= 0.6 is 0 Å². The largest absolute Gasteiger partial charge is 0.478 e. The van der Waals surface area contributed by atoms with Gasteiger partial charge >= 0.3 is 28.4 Å². The summed E-state index contributed by atoms with van der Waals surface area (Å²) in [5.74, 6) is -1.64.